The van der Waals surface area contributed by atoms with Gasteiger partial charge in [0.2, 0.25) is 15.9 Å². The van der Waals surface area contributed by atoms with Crippen molar-refractivity contribution >= 4 is 45.0 Å². The molecule has 0 radical (unpaired) electrons. The van der Waals surface area contributed by atoms with Gasteiger partial charge in [0.05, 0.1) is 11.7 Å². The first-order valence-corrected chi connectivity index (χ1v) is 12.3. The van der Waals surface area contributed by atoms with Crippen LogP contribution < -0.4 is 5.32 Å². The standard InChI is InChI=1S/C20H23ClN2O3S2/c1-27-19-6-2-5-18(12-19)22-20(24)16-4-3-11-23(13-16)28(25,26)14-15-7-9-17(21)10-8-15/h2,5-10,12,16H,3-4,11,13-14H2,1H3,(H,22,24). The van der Waals surface area contributed by atoms with Crippen LogP contribution >= 0.6 is 23.4 Å². The van der Waals surface area contributed by atoms with Gasteiger partial charge in [0.25, 0.3) is 0 Å². The van der Waals surface area contributed by atoms with Crippen molar-refractivity contribution in [2.45, 2.75) is 23.5 Å². The first kappa shape index (κ1) is 21.2. The Morgan fingerprint density at radius 3 is 2.71 bits per heavy atom. The monoisotopic (exact) mass is 438 g/mol. The molecular weight excluding hydrogens is 416 g/mol. The lowest BCUT2D eigenvalue weighted by atomic mass is 9.99. The van der Waals surface area contributed by atoms with E-state index in [1.807, 2.05) is 30.5 Å². The molecular formula is C20H23ClN2O3S2. The van der Waals surface area contributed by atoms with E-state index >= 15 is 0 Å². The Bertz CT molecular complexity index is 933. The summed E-state index contributed by atoms with van der Waals surface area (Å²) >= 11 is 7.47. The average Bonchev–Trinajstić information content (AvgIpc) is 2.70. The fourth-order valence-corrected chi connectivity index (χ4v) is 5.43. The molecule has 1 saturated heterocycles. The van der Waals surface area contributed by atoms with Crippen molar-refractivity contribution in [2.24, 2.45) is 5.92 Å². The Morgan fingerprint density at radius 1 is 1.25 bits per heavy atom. The van der Waals surface area contributed by atoms with E-state index in [1.165, 1.54) is 4.31 Å². The molecule has 1 atom stereocenters. The molecule has 0 spiro atoms. The fourth-order valence-electron chi connectivity index (χ4n) is 3.24. The third kappa shape index (κ3) is 5.50. The number of rotatable bonds is 6. The second-order valence-corrected chi connectivity index (χ2v) is 10.1. The maximum atomic E-state index is 12.8. The third-order valence-corrected chi connectivity index (χ3v) is 7.54. The third-order valence-electron chi connectivity index (χ3n) is 4.75. The molecule has 5 nitrogen and oxygen atoms in total. The molecule has 1 unspecified atom stereocenters. The smallest absolute Gasteiger partial charge is 0.228 e. The highest BCUT2D eigenvalue weighted by Gasteiger charge is 2.32. The summed E-state index contributed by atoms with van der Waals surface area (Å²) in [6.07, 6.45) is 3.33. The molecule has 0 aromatic heterocycles. The van der Waals surface area contributed by atoms with E-state index in [-0.39, 0.29) is 24.1 Å². The lowest BCUT2D eigenvalue weighted by molar-refractivity contribution is -0.120. The summed E-state index contributed by atoms with van der Waals surface area (Å²) in [4.78, 5) is 13.7. The summed E-state index contributed by atoms with van der Waals surface area (Å²) in [6, 6.07) is 14.4. The van der Waals surface area contributed by atoms with E-state index in [1.54, 1.807) is 36.0 Å². The highest BCUT2D eigenvalue weighted by Crippen LogP contribution is 2.24. The second-order valence-electron chi connectivity index (χ2n) is 6.80. The molecule has 1 aliphatic heterocycles. The minimum absolute atomic E-state index is 0.0890. The van der Waals surface area contributed by atoms with E-state index in [0.717, 1.165) is 10.6 Å². The summed E-state index contributed by atoms with van der Waals surface area (Å²) in [7, 11) is -3.49. The summed E-state index contributed by atoms with van der Waals surface area (Å²) < 4.78 is 27.1. The Balaban J connectivity index is 1.65. The van der Waals surface area contributed by atoms with Crippen molar-refractivity contribution in [3.8, 4) is 0 Å². The molecule has 1 amide bonds. The van der Waals surface area contributed by atoms with Gasteiger partial charge in [-0.2, -0.15) is 0 Å². The number of halogens is 1. The first-order chi connectivity index (χ1) is 13.4. The highest BCUT2D eigenvalue weighted by molar-refractivity contribution is 7.98. The normalized spacial score (nSPS) is 18.0. The zero-order valence-electron chi connectivity index (χ0n) is 15.6. The van der Waals surface area contributed by atoms with Gasteiger partial charge in [0.1, 0.15) is 0 Å². The molecule has 28 heavy (non-hydrogen) atoms. The number of benzene rings is 2. The lowest BCUT2D eigenvalue weighted by Crippen LogP contribution is -2.44. The topological polar surface area (TPSA) is 66.5 Å². The average molecular weight is 439 g/mol. The van der Waals surface area contributed by atoms with E-state index in [9.17, 15) is 13.2 Å². The summed E-state index contributed by atoms with van der Waals surface area (Å²) in [6.45, 7) is 0.658. The summed E-state index contributed by atoms with van der Waals surface area (Å²) in [5.74, 6) is -0.579. The van der Waals surface area contributed by atoms with Gasteiger partial charge < -0.3 is 5.32 Å². The molecule has 1 fully saturated rings. The molecule has 1 heterocycles. The highest BCUT2D eigenvalue weighted by atomic mass is 35.5. The lowest BCUT2D eigenvalue weighted by Gasteiger charge is -2.31. The van der Waals surface area contributed by atoms with Crippen LogP contribution in [0.25, 0.3) is 0 Å². The van der Waals surface area contributed by atoms with Crippen molar-refractivity contribution < 1.29 is 13.2 Å². The molecule has 1 N–H and O–H groups in total. The van der Waals surface area contributed by atoms with Crippen molar-refractivity contribution in [2.75, 3.05) is 24.7 Å². The molecule has 0 bridgehead atoms. The predicted octanol–water partition coefficient (Wildman–Crippen LogP) is 4.24. The van der Waals surface area contributed by atoms with Crippen LogP contribution in [0.2, 0.25) is 5.02 Å². The number of nitrogens with one attached hydrogen (secondary N) is 1. The van der Waals surface area contributed by atoms with Crippen LogP contribution in [0.5, 0.6) is 0 Å². The predicted molar refractivity (Wildman–Crippen MR) is 115 cm³/mol. The number of carbonyl (C=O) groups is 1. The maximum Gasteiger partial charge on any atom is 0.228 e. The van der Waals surface area contributed by atoms with Gasteiger partial charge in [-0.25, -0.2) is 12.7 Å². The van der Waals surface area contributed by atoms with E-state index in [0.29, 0.717) is 30.0 Å². The summed E-state index contributed by atoms with van der Waals surface area (Å²) in [5, 5.41) is 3.50. The number of thioether (sulfide) groups is 1. The Morgan fingerprint density at radius 2 is 2.00 bits per heavy atom. The molecule has 0 aliphatic carbocycles. The van der Waals surface area contributed by atoms with Crippen molar-refractivity contribution in [1.29, 1.82) is 0 Å². The van der Waals surface area contributed by atoms with Gasteiger partial charge in [-0.05, 0) is 55.0 Å². The molecule has 150 valence electrons. The van der Waals surface area contributed by atoms with E-state index < -0.39 is 10.0 Å². The quantitative estimate of drug-likeness (QED) is 0.685. The molecule has 0 saturated carbocycles. The molecule has 8 heteroatoms. The largest absolute Gasteiger partial charge is 0.326 e. The summed E-state index contributed by atoms with van der Waals surface area (Å²) in [5.41, 5.74) is 1.42. The molecule has 1 aliphatic rings. The molecule has 2 aromatic carbocycles. The number of anilines is 1. The number of hydrogen-bond acceptors (Lipinski definition) is 4. The van der Waals surface area contributed by atoms with Gasteiger partial charge in [-0.1, -0.05) is 29.8 Å². The van der Waals surface area contributed by atoms with Crippen LogP contribution in [-0.4, -0.2) is 38.0 Å². The van der Waals surface area contributed by atoms with Crippen LogP contribution in [-0.2, 0) is 20.6 Å². The van der Waals surface area contributed by atoms with Gasteiger partial charge in [0, 0.05) is 28.7 Å². The zero-order chi connectivity index (χ0) is 20.1. The number of amides is 1. The van der Waals surface area contributed by atoms with E-state index in [4.69, 9.17) is 11.6 Å². The zero-order valence-corrected chi connectivity index (χ0v) is 18.0. The Hall–Kier alpha value is -1.54. The number of carbonyl (C=O) groups excluding carboxylic acids is 1. The SMILES string of the molecule is CSc1cccc(NC(=O)C2CCCN(S(=O)(=O)Cc3ccc(Cl)cc3)C2)c1. The number of nitrogens with zero attached hydrogens (tertiary/aromatic N) is 1. The number of hydrogen-bond donors (Lipinski definition) is 1. The van der Waals surface area contributed by atoms with Gasteiger partial charge in [0.15, 0.2) is 0 Å². The van der Waals surface area contributed by atoms with Crippen molar-refractivity contribution in [1.82, 2.24) is 4.31 Å². The minimum Gasteiger partial charge on any atom is -0.326 e. The van der Waals surface area contributed by atoms with Gasteiger partial charge in [-0.15, -0.1) is 11.8 Å². The number of piperidine rings is 1. The molecule has 3 rings (SSSR count). The van der Waals surface area contributed by atoms with Crippen molar-refractivity contribution in [3.63, 3.8) is 0 Å². The minimum atomic E-state index is -3.49. The number of sulfonamides is 1. The first-order valence-electron chi connectivity index (χ1n) is 9.04. The van der Waals surface area contributed by atoms with Crippen LogP contribution in [0.1, 0.15) is 18.4 Å². The van der Waals surface area contributed by atoms with E-state index in [2.05, 4.69) is 5.32 Å². The second kappa shape index (κ2) is 9.31. The van der Waals surface area contributed by atoms with Crippen LogP contribution in [0.3, 0.4) is 0 Å². The Labute approximate surface area is 175 Å². The fraction of sp³-hybridized carbons (Fsp3) is 0.350. The van der Waals surface area contributed by atoms with Crippen molar-refractivity contribution in [3.05, 3.63) is 59.1 Å². The maximum absolute atomic E-state index is 12.8. The van der Waals surface area contributed by atoms with Crippen LogP contribution in [0.15, 0.2) is 53.4 Å². The van der Waals surface area contributed by atoms with Crippen LogP contribution in [0.4, 0.5) is 5.69 Å². The van der Waals surface area contributed by atoms with Gasteiger partial charge >= 0.3 is 0 Å². The Kier molecular flexibility index (Phi) is 7.04. The van der Waals surface area contributed by atoms with Gasteiger partial charge in [-0.3, -0.25) is 4.79 Å². The van der Waals surface area contributed by atoms with Crippen LogP contribution in [0, 0.1) is 5.92 Å². The molecule has 2 aromatic rings.